The van der Waals surface area contributed by atoms with Gasteiger partial charge >= 0.3 is 6.18 Å². The number of hydrogen-bond acceptors (Lipinski definition) is 2. The van der Waals surface area contributed by atoms with E-state index in [2.05, 4.69) is 0 Å². The molecule has 19 heavy (non-hydrogen) atoms. The molecule has 0 radical (unpaired) electrons. The van der Waals surface area contributed by atoms with Crippen LogP contribution in [0.4, 0.5) is 17.6 Å². The van der Waals surface area contributed by atoms with E-state index in [0.717, 1.165) is 0 Å². The Bertz CT molecular complexity index is 409. The van der Waals surface area contributed by atoms with Crippen LogP contribution >= 0.6 is 22.6 Å². The van der Waals surface area contributed by atoms with E-state index >= 15 is 0 Å². The van der Waals surface area contributed by atoms with Crippen molar-refractivity contribution in [1.29, 1.82) is 0 Å². The van der Waals surface area contributed by atoms with E-state index in [-0.39, 0.29) is 6.10 Å². The van der Waals surface area contributed by atoms with E-state index in [1.165, 1.54) is 34.7 Å². The molecule has 1 aliphatic heterocycles. The van der Waals surface area contributed by atoms with Gasteiger partial charge in [0.05, 0.1) is 16.6 Å². The Morgan fingerprint density at radius 1 is 1.47 bits per heavy atom. The molecule has 1 heterocycles. The Kier molecular flexibility index (Phi) is 4.15. The quantitative estimate of drug-likeness (QED) is 0.387. The van der Waals surface area contributed by atoms with Crippen molar-refractivity contribution in [1.82, 2.24) is 4.90 Å². The van der Waals surface area contributed by atoms with Gasteiger partial charge in [0.2, 0.25) is 5.67 Å². The lowest BCUT2D eigenvalue weighted by atomic mass is 9.94. The molecule has 1 fully saturated rings. The highest BCUT2D eigenvalue weighted by Crippen LogP contribution is 2.44. The first-order valence-corrected chi connectivity index (χ1v) is 7.16. The van der Waals surface area contributed by atoms with Gasteiger partial charge in [-0.3, -0.25) is 0 Å². The maximum Gasteiger partial charge on any atom is 0.427 e. The van der Waals surface area contributed by atoms with Crippen molar-refractivity contribution in [2.45, 2.75) is 28.8 Å². The van der Waals surface area contributed by atoms with Crippen molar-refractivity contribution in [2.24, 2.45) is 0 Å². The van der Waals surface area contributed by atoms with Gasteiger partial charge in [0.25, 0.3) is 0 Å². The second kappa shape index (κ2) is 5.23. The Morgan fingerprint density at radius 2 is 2.16 bits per heavy atom. The molecule has 2 unspecified atom stereocenters. The summed E-state index contributed by atoms with van der Waals surface area (Å²) in [4.78, 5) is 1.92. The molecule has 1 aliphatic carbocycles. The van der Waals surface area contributed by atoms with E-state index in [0.29, 0.717) is 31.5 Å². The van der Waals surface area contributed by atoms with Crippen molar-refractivity contribution in [3.8, 4) is 0 Å². The summed E-state index contributed by atoms with van der Waals surface area (Å²) in [5, 5.41) is 0. The molecule has 108 valence electrons. The third-order valence-corrected chi connectivity index (χ3v) is 4.52. The van der Waals surface area contributed by atoms with Crippen molar-refractivity contribution >= 4 is 22.6 Å². The zero-order chi connectivity index (χ0) is 14.3. The number of hydrogen-bond donors (Lipinski definition) is 0. The first-order valence-electron chi connectivity index (χ1n) is 5.91. The maximum absolute atomic E-state index is 14.0. The fourth-order valence-corrected chi connectivity index (χ4v) is 3.07. The van der Waals surface area contributed by atoms with Crippen LogP contribution in [-0.4, -0.2) is 46.5 Å². The second-order valence-electron chi connectivity index (χ2n) is 4.72. The van der Waals surface area contributed by atoms with Crippen molar-refractivity contribution in [3.63, 3.8) is 0 Å². The van der Waals surface area contributed by atoms with Crippen LogP contribution in [0.2, 0.25) is 0 Å². The fourth-order valence-electron chi connectivity index (χ4n) is 2.14. The van der Waals surface area contributed by atoms with Crippen LogP contribution in [0.15, 0.2) is 23.9 Å². The smallest absolute Gasteiger partial charge is 0.375 e. The van der Waals surface area contributed by atoms with Gasteiger partial charge in [-0.05, 0) is 25.2 Å². The summed E-state index contributed by atoms with van der Waals surface area (Å²) in [6, 6.07) is 0. The van der Waals surface area contributed by atoms with Gasteiger partial charge in [0, 0.05) is 18.8 Å². The number of rotatable bonds is 1. The summed E-state index contributed by atoms with van der Waals surface area (Å²) < 4.78 is 56.2. The third kappa shape index (κ3) is 2.91. The summed E-state index contributed by atoms with van der Waals surface area (Å²) in [6.07, 6.45) is -1.68. The predicted molar refractivity (Wildman–Crippen MR) is 71.9 cm³/mol. The molecule has 2 nitrogen and oxygen atoms in total. The van der Waals surface area contributed by atoms with Crippen LogP contribution in [0.3, 0.4) is 0 Å². The molecule has 2 rings (SSSR count). The van der Waals surface area contributed by atoms with Crippen molar-refractivity contribution in [2.75, 3.05) is 19.7 Å². The van der Waals surface area contributed by atoms with Crippen molar-refractivity contribution in [3.05, 3.63) is 23.9 Å². The Morgan fingerprint density at radius 3 is 2.68 bits per heavy atom. The highest BCUT2D eigenvalue weighted by Gasteiger charge is 2.58. The number of allylic oxidation sites excluding steroid dienone is 3. The molecule has 0 aromatic rings. The zero-order valence-electron chi connectivity index (χ0n) is 10.3. The minimum atomic E-state index is -4.89. The molecule has 1 saturated heterocycles. The van der Waals surface area contributed by atoms with Crippen LogP contribution in [-0.2, 0) is 4.74 Å². The normalized spacial score (nSPS) is 36.3. The monoisotopic (exact) mass is 391 g/mol. The van der Waals surface area contributed by atoms with E-state index in [1.807, 2.05) is 11.8 Å². The average Bonchev–Trinajstić information content (AvgIpc) is 2.31. The molecule has 0 aromatic carbocycles. The Hall–Kier alpha value is -0.310. The van der Waals surface area contributed by atoms with Gasteiger partial charge in [-0.15, -0.1) is 0 Å². The van der Waals surface area contributed by atoms with E-state index < -0.39 is 15.8 Å². The lowest BCUT2D eigenvalue weighted by Gasteiger charge is -2.37. The SMILES string of the molecule is C[C@@H]1CN(C2=CC(I)C(F)(C(F)(F)F)C=C2)CCO1. The van der Waals surface area contributed by atoms with Gasteiger partial charge in [0.15, 0.2) is 0 Å². The molecular weight excluding hydrogens is 377 g/mol. The average molecular weight is 391 g/mol. The molecule has 0 aromatic heterocycles. The van der Waals surface area contributed by atoms with Gasteiger partial charge < -0.3 is 9.64 Å². The first kappa shape index (κ1) is 15.1. The van der Waals surface area contributed by atoms with Gasteiger partial charge in [-0.1, -0.05) is 22.6 Å². The predicted octanol–water partition coefficient (Wildman–Crippen LogP) is 3.24. The molecule has 0 bridgehead atoms. The topological polar surface area (TPSA) is 12.5 Å². The van der Waals surface area contributed by atoms with Gasteiger partial charge in [-0.25, -0.2) is 4.39 Å². The number of halogens is 5. The highest BCUT2D eigenvalue weighted by atomic mass is 127. The first-order chi connectivity index (χ1) is 8.74. The number of ether oxygens (including phenoxy) is 1. The molecule has 0 N–H and O–H groups in total. The minimum absolute atomic E-state index is 0.0235. The van der Waals surface area contributed by atoms with Gasteiger partial charge in [0.1, 0.15) is 0 Å². The van der Waals surface area contributed by atoms with Gasteiger partial charge in [-0.2, -0.15) is 13.2 Å². The Balaban J connectivity index is 2.16. The van der Waals surface area contributed by atoms with Crippen LogP contribution < -0.4 is 0 Å². The number of morpholine rings is 1. The maximum atomic E-state index is 14.0. The minimum Gasteiger partial charge on any atom is -0.375 e. The molecule has 2 aliphatic rings. The third-order valence-electron chi connectivity index (χ3n) is 3.26. The summed E-state index contributed by atoms with van der Waals surface area (Å²) in [7, 11) is 0. The lowest BCUT2D eigenvalue weighted by Crippen LogP contribution is -2.48. The lowest BCUT2D eigenvalue weighted by molar-refractivity contribution is -0.208. The molecule has 7 heteroatoms. The fraction of sp³-hybridized carbons (Fsp3) is 0.667. The van der Waals surface area contributed by atoms with Crippen molar-refractivity contribution < 1.29 is 22.3 Å². The highest BCUT2D eigenvalue weighted by molar-refractivity contribution is 14.1. The molecule has 0 saturated carbocycles. The summed E-state index contributed by atoms with van der Waals surface area (Å²) in [5.74, 6) is 0. The molecule has 0 spiro atoms. The summed E-state index contributed by atoms with van der Waals surface area (Å²) >= 11 is 1.50. The van der Waals surface area contributed by atoms with E-state index in [1.54, 1.807) is 0 Å². The van der Waals surface area contributed by atoms with E-state index in [9.17, 15) is 17.6 Å². The van der Waals surface area contributed by atoms with E-state index in [4.69, 9.17) is 4.74 Å². The molecular formula is C12H14F4INO. The standard InChI is InChI=1S/C12H14F4INO/c1-8-7-18(4-5-19-8)9-2-3-11(13,10(17)6-9)12(14,15)16/h2-3,6,8,10H,4-5,7H2,1H3/t8-,10?,11?/m1/s1. The van der Waals surface area contributed by atoms with Crippen LogP contribution in [0, 0.1) is 0 Å². The number of nitrogens with zero attached hydrogens (tertiary/aromatic N) is 1. The molecule has 0 amide bonds. The second-order valence-corrected chi connectivity index (χ2v) is 6.06. The number of alkyl halides is 5. The summed E-state index contributed by atoms with van der Waals surface area (Å²) in [5.41, 5.74) is -2.65. The van der Waals surface area contributed by atoms with Crippen LogP contribution in [0.1, 0.15) is 6.92 Å². The summed E-state index contributed by atoms with van der Waals surface area (Å²) in [6.45, 7) is 3.63. The zero-order valence-corrected chi connectivity index (χ0v) is 12.4. The molecule has 3 atom stereocenters. The largest absolute Gasteiger partial charge is 0.427 e. The van der Waals surface area contributed by atoms with Crippen LogP contribution in [0.5, 0.6) is 0 Å². The Labute approximate surface area is 122 Å². The van der Waals surface area contributed by atoms with Crippen LogP contribution in [0.25, 0.3) is 0 Å².